The van der Waals surface area contributed by atoms with Crippen LogP contribution in [0.2, 0.25) is 0 Å². The second kappa shape index (κ2) is 7.94. The third-order valence-corrected chi connectivity index (χ3v) is 4.65. The first-order valence-corrected chi connectivity index (χ1v) is 8.85. The molecule has 2 aromatic heterocycles. The van der Waals surface area contributed by atoms with Crippen LogP contribution in [0.5, 0.6) is 0 Å². The largest absolute Gasteiger partial charge is 0.370 e. The van der Waals surface area contributed by atoms with Gasteiger partial charge in [0.05, 0.1) is 24.9 Å². The molecule has 1 aromatic carbocycles. The summed E-state index contributed by atoms with van der Waals surface area (Å²) in [4.78, 5) is 6.19. The number of rotatable bonds is 5. The molecule has 0 unspecified atom stereocenters. The summed E-state index contributed by atoms with van der Waals surface area (Å²) in [5, 5.41) is 4.38. The van der Waals surface area contributed by atoms with Crippen molar-refractivity contribution in [3.8, 4) is 0 Å². The first-order valence-electron chi connectivity index (χ1n) is 8.85. The van der Waals surface area contributed by atoms with Crippen molar-refractivity contribution in [2.24, 2.45) is 0 Å². The van der Waals surface area contributed by atoms with Crippen molar-refractivity contribution < 1.29 is 13.5 Å². The predicted octanol–water partition coefficient (Wildman–Crippen LogP) is 3.16. The lowest BCUT2D eigenvalue weighted by Crippen LogP contribution is -2.32. The molecule has 5 nitrogen and oxygen atoms in total. The molecule has 0 saturated carbocycles. The minimum absolute atomic E-state index is 0.0652. The molecule has 0 bridgehead atoms. The molecule has 0 amide bonds. The van der Waals surface area contributed by atoms with E-state index in [1.807, 2.05) is 22.9 Å². The van der Waals surface area contributed by atoms with Crippen LogP contribution in [0.25, 0.3) is 0 Å². The van der Waals surface area contributed by atoms with E-state index in [-0.39, 0.29) is 6.10 Å². The van der Waals surface area contributed by atoms with E-state index in [2.05, 4.69) is 15.0 Å². The van der Waals surface area contributed by atoms with Gasteiger partial charge in [0, 0.05) is 38.2 Å². The van der Waals surface area contributed by atoms with Crippen molar-refractivity contribution >= 4 is 0 Å². The van der Waals surface area contributed by atoms with Gasteiger partial charge in [-0.25, -0.2) is 8.78 Å². The molecule has 0 N–H and O–H groups in total. The number of hydrogen-bond acceptors (Lipinski definition) is 4. The molecular formula is C20H20F2N4O. The van der Waals surface area contributed by atoms with Crippen LogP contribution in [-0.2, 0) is 31.0 Å². The minimum atomic E-state index is -0.828. The summed E-state index contributed by atoms with van der Waals surface area (Å²) in [6.07, 6.45) is 5.19. The topological polar surface area (TPSA) is 43.2 Å². The fraction of sp³-hybridized carbons (Fsp3) is 0.300. The number of ether oxygens (including phenoxy) is 1. The summed E-state index contributed by atoms with van der Waals surface area (Å²) in [5.74, 6) is -1.65. The monoisotopic (exact) mass is 370 g/mol. The van der Waals surface area contributed by atoms with Gasteiger partial charge in [0.2, 0.25) is 0 Å². The van der Waals surface area contributed by atoms with Crippen LogP contribution in [0.15, 0.2) is 55.0 Å². The number of pyridine rings is 1. The van der Waals surface area contributed by atoms with Crippen LogP contribution in [0, 0.1) is 11.6 Å². The van der Waals surface area contributed by atoms with Gasteiger partial charge < -0.3 is 4.74 Å². The molecule has 140 valence electrons. The normalized spacial score (nSPS) is 17.5. The summed E-state index contributed by atoms with van der Waals surface area (Å²) >= 11 is 0. The molecule has 7 heteroatoms. The Morgan fingerprint density at radius 2 is 1.81 bits per heavy atom. The predicted molar refractivity (Wildman–Crippen MR) is 95.5 cm³/mol. The summed E-state index contributed by atoms with van der Waals surface area (Å²) in [7, 11) is 0. The zero-order valence-corrected chi connectivity index (χ0v) is 14.8. The Balaban J connectivity index is 1.48. The van der Waals surface area contributed by atoms with Crippen LogP contribution in [0.4, 0.5) is 8.78 Å². The lowest BCUT2D eigenvalue weighted by atomic mass is 10.2. The van der Waals surface area contributed by atoms with Gasteiger partial charge in [-0.3, -0.25) is 14.6 Å². The molecule has 3 heterocycles. The molecule has 27 heavy (non-hydrogen) atoms. The standard InChI is InChI=1S/C20H20F2N4O/c21-19-2-1-16(9-20(19)22)10-25-11-17-5-8-24-26(17)13-18(12-25)27-14-15-3-6-23-7-4-15/h1-9,18H,10-14H2/t18-/m1/s1. The molecule has 1 aliphatic rings. The fourth-order valence-electron chi connectivity index (χ4n) is 3.31. The van der Waals surface area contributed by atoms with E-state index in [0.717, 1.165) is 16.8 Å². The van der Waals surface area contributed by atoms with Crippen molar-refractivity contribution in [2.75, 3.05) is 6.54 Å². The number of aromatic nitrogens is 3. The van der Waals surface area contributed by atoms with Crippen molar-refractivity contribution in [3.63, 3.8) is 0 Å². The first kappa shape index (κ1) is 17.8. The Morgan fingerprint density at radius 1 is 0.963 bits per heavy atom. The molecule has 1 atom stereocenters. The van der Waals surface area contributed by atoms with Crippen molar-refractivity contribution in [1.82, 2.24) is 19.7 Å². The van der Waals surface area contributed by atoms with Gasteiger partial charge in [-0.15, -0.1) is 0 Å². The maximum Gasteiger partial charge on any atom is 0.159 e. The highest BCUT2D eigenvalue weighted by atomic mass is 19.2. The number of fused-ring (bicyclic) bond motifs is 1. The second-order valence-corrected chi connectivity index (χ2v) is 6.71. The van der Waals surface area contributed by atoms with Crippen LogP contribution in [-0.4, -0.2) is 32.3 Å². The molecule has 0 saturated heterocycles. The quantitative estimate of drug-likeness (QED) is 0.692. The van der Waals surface area contributed by atoms with Gasteiger partial charge >= 0.3 is 0 Å². The molecule has 1 aliphatic heterocycles. The van der Waals surface area contributed by atoms with Gasteiger partial charge in [-0.1, -0.05) is 6.07 Å². The lowest BCUT2D eigenvalue weighted by Gasteiger charge is -2.24. The van der Waals surface area contributed by atoms with Crippen molar-refractivity contribution in [2.45, 2.75) is 32.3 Å². The minimum Gasteiger partial charge on any atom is -0.370 e. The van der Waals surface area contributed by atoms with Crippen LogP contribution in [0.1, 0.15) is 16.8 Å². The van der Waals surface area contributed by atoms with E-state index in [1.165, 1.54) is 12.1 Å². The Morgan fingerprint density at radius 3 is 2.63 bits per heavy atom. The number of hydrogen-bond donors (Lipinski definition) is 0. The second-order valence-electron chi connectivity index (χ2n) is 6.71. The van der Waals surface area contributed by atoms with E-state index >= 15 is 0 Å². The Labute approximate surface area is 156 Å². The van der Waals surface area contributed by atoms with Gasteiger partial charge in [-0.05, 0) is 41.5 Å². The zero-order chi connectivity index (χ0) is 18.6. The molecule has 0 spiro atoms. The third-order valence-electron chi connectivity index (χ3n) is 4.65. The molecule has 4 rings (SSSR count). The summed E-state index contributed by atoms with van der Waals surface area (Å²) in [6, 6.07) is 9.87. The highest BCUT2D eigenvalue weighted by Gasteiger charge is 2.23. The summed E-state index contributed by atoms with van der Waals surface area (Å²) in [5.41, 5.74) is 2.87. The average molecular weight is 370 g/mol. The summed E-state index contributed by atoms with van der Waals surface area (Å²) < 4.78 is 34.8. The van der Waals surface area contributed by atoms with Crippen molar-refractivity contribution in [1.29, 1.82) is 0 Å². The van der Waals surface area contributed by atoms with E-state index < -0.39 is 11.6 Å². The lowest BCUT2D eigenvalue weighted by molar-refractivity contribution is 0.00715. The third kappa shape index (κ3) is 4.37. The van der Waals surface area contributed by atoms with E-state index in [4.69, 9.17) is 4.74 Å². The number of benzene rings is 1. The molecule has 0 aliphatic carbocycles. The molecule has 0 radical (unpaired) electrons. The van der Waals surface area contributed by atoms with Gasteiger partial charge in [0.15, 0.2) is 11.6 Å². The zero-order valence-electron chi connectivity index (χ0n) is 14.8. The summed E-state index contributed by atoms with van der Waals surface area (Å²) in [6.45, 7) is 3.00. The highest BCUT2D eigenvalue weighted by molar-refractivity contribution is 5.18. The van der Waals surface area contributed by atoms with Crippen LogP contribution < -0.4 is 0 Å². The SMILES string of the molecule is Fc1ccc(CN2Cc3ccnn3C[C@H](OCc3ccncc3)C2)cc1F. The fourth-order valence-corrected chi connectivity index (χ4v) is 3.31. The molecule has 0 fully saturated rings. The average Bonchev–Trinajstić information content (AvgIpc) is 3.03. The molecular weight excluding hydrogens is 350 g/mol. The first-order chi connectivity index (χ1) is 13.2. The molecule has 3 aromatic rings. The van der Waals surface area contributed by atoms with Crippen LogP contribution >= 0.6 is 0 Å². The number of nitrogens with zero attached hydrogens (tertiary/aromatic N) is 4. The maximum absolute atomic E-state index is 13.6. The van der Waals surface area contributed by atoms with E-state index in [9.17, 15) is 8.78 Å². The maximum atomic E-state index is 13.6. The Hall–Kier alpha value is -2.64. The van der Waals surface area contributed by atoms with Crippen molar-refractivity contribution in [3.05, 3.63) is 83.4 Å². The van der Waals surface area contributed by atoms with Gasteiger partial charge in [0.25, 0.3) is 0 Å². The van der Waals surface area contributed by atoms with Gasteiger partial charge in [-0.2, -0.15) is 5.10 Å². The Kier molecular flexibility index (Phi) is 5.22. The van der Waals surface area contributed by atoms with E-state index in [1.54, 1.807) is 24.7 Å². The van der Waals surface area contributed by atoms with Gasteiger partial charge in [0.1, 0.15) is 0 Å². The number of halogens is 2. The Bertz CT molecular complexity index is 900. The van der Waals surface area contributed by atoms with Crippen LogP contribution in [0.3, 0.4) is 0 Å². The highest BCUT2D eigenvalue weighted by Crippen LogP contribution is 2.18. The van der Waals surface area contributed by atoms with E-state index in [0.29, 0.717) is 32.8 Å². The smallest absolute Gasteiger partial charge is 0.159 e.